The first kappa shape index (κ1) is 14.6. The lowest BCUT2D eigenvalue weighted by Crippen LogP contribution is -2.00. The Balaban J connectivity index is 2.45. The van der Waals surface area contributed by atoms with Crippen LogP contribution in [-0.4, -0.2) is 24.9 Å². The summed E-state index contributed by atoms with van der Waals surface area (Å²) in [6.07, 6.45) is 1.17. The van der Waals surface area contributed by atoms with Gasteiger partial charge in [-0.05, 0) is 38.1 Å². The summed E-state index contributed by atoms with van der Waals surface area (Å²) in [7, 11) is 0. The molecule has 9 heteroatoms. The second-order valence-corrected chi connectivity index (χ2v) is 5.29. The highest BCUT2D eigenvalue weighted by Gasteiger charge is 2.23. The Morgan fingerprint density at radius 2 is 1.80 bits per heavy atom. The molecular weight excluding hydrogens is 302 g/mol. The molecule has 7 nitrogen and oxygen atoms in total. The molecule has 0 amide bonds. The van der Waals surface area contributed by atoms with Gasteiger partial charge in [0.15, 0.2) is 10.2 Å². The van der Waals surface area contributed by atoms with E-state index in [-0.39, 0.29) is 15.9 Å². The normalized spacial score (nSPS) is 10.6. The van der Waals surface area contributed by atoms with Crippen molar-refractivity contribution in [1.82, 2.24) is 19.9 Å². The zero-order valence-corrected chi connectivity index (χ0v) is 12.5. The summed E-state index contributed by atoms with van der Waals surface area (Å²) in [4.78, 5) is 26.5. The first-order chi connectivity index (χ1) is 9.40. The van der Waals surface area contributed by atoms with Gasteiger partial charge in [0.1, 0.15) is 6.33 Å². The standard InChI is InChI=1S/C11H10ClN5O2S/c1-5-6(2)15-11(16-7(5)3)20-10-8(17(18)19)9(12)13-4-14-10/h4H,1-3H3. The Kier molecular flexibility index (Phi) is 4.15. The maximum atomic E-state index is 11.0. The fourth-order valence-electron chi connectivity index (χ4n) is 1.44. The molecular formula is C11H10ClN5O2S. The van der Waals surface area contributed by atoms with E-state index >= 15 is 0 Å². The Hall–Kier alpha value is -1.80. The first-order valence-electron chi connectivity index (χ1n) is 5.54. The fourth-order valence-corrected chi connectivity index (χ4v) is 2.61. The van der Waals surface area contributed by atoms with Crippen LogP contribution in [0.5, 0.6) is 0 Å². The van der Waals surface area contributed by atoms with Gasteiger partial charge in [0, 0.05) is 11.4 Å². The number of aromatic nitrogens is 4. The van der Waals surface area contributed by atoms with Crippen LogP contribution in [0.1, 0.15) is 17.0 Å². The van der Waals surface area contributed by atoms with Crippen LogP contribution in [0.15, 0.2) is 16.5 Å². The molecule has 0 saturated heterocycles. The van der Waals surface area contributed by atoms with E-state index in [1.807, 2.05) is 20.8 Å². The molecule has 104 valence electrons. The number of nitrogens with zero attached hydrogens (tertiary/aromatic N) is 5. The molecule has 2 aromatic heterocycles. The maximum absolute atomic E-state index is 11.0. The van der Waals surface area contributed by atoms with Gasteiger partial charge in [-0.2, -0.15) is 0 Å². The fraction of sp³-hybridized carbons (Fsp3) is 0.273. The number of aryl methyl sites for hydroxylation is 2. The van der Waals surface area contributed by atoms with Gasteiger partial charge in [0.25, 0.3) is 0 Å². The Bertz CT molecular complexity index is 672. The molecule has 0 aliphatic carbocycles. The van der Waals surface area contributed by atoms with Crippen LogP contribution in [0.4, 0.5) is 5.69 Å². The predicted octanol–water partition coefficient (Wildman–Crippen LogP) is 2.90. The molecule has 0 aliphatic heterocycles. The van der Waals surface area contributed by atoms with E-state index in [2.05, 4.69) is 19.9 Å². The average molecular weight is 312 g/mol. The average Bonchev–Trinajstić information content (AvgIpc) is 2.35. The van der Waals surface area contributed by atoms with Gasteiger partial charge in [-0.3, -0.25) is 10.1 Å². The molecule has 0 aliphatic rings. The lowest BCUT2D eigenvalue weighted by atomic mass is 10.2. The molecule has 0 spiro atoms. The van der Waals surface area contributed by atoms with E-state index in [0.717, 1.165) is 28.7 Å². The summed E-state index contributed by atoms with van der Waals surface area (Å²) in [5.74, 6) is 0. The second-order valence-electron chi connectivity index (χ2n) is 3.98. The zero-order valence-electron chi connectivity index (χ0n) is 10.9. The van der Waals surface area contributed by atoms with E-state index in [0.29, 0.717) is 5.16 Å². The van der Waals surface area contributed by atoms with Gasteiger partial charge in [-0.1, -0.05) is 11.6 Å². The van der Waals surface area contributed by atoms with E-state index < -0.39 is 4.92 Å². The van der Waals surface area contributed by atoms with E-state index in [1.54, 1.807) is 0 Å². The third-order valence-electron chi connectivity index (χ3n) is 2.73. The van der Waals surface area contributed by atoms with Crippen LogP contribution in [0.2, 0.25) is 5.15 Å². The van der Waals surface area contributed by atoms with Crippen molar-refractivity contribution in [1.29, 1.82) is 0 Å². The SMILES string of the molecule is Cc1nc(Sc2ncnc(Cl)c2[N+](=O)[O-])nc(C)c1C. The second kappa shape index (κ2) is 5.68. The van der Waals surface area contributed by atoms with Gasteiger partial charge in [0.2, 0.25) is 5.15 Å². The van der Waals surface area contributed by atoms with Crippen molar-refractivity contribution in [3.63, 3.8) is 0 Å². The molecule has 0 N–H and O–H groups in total. The molecule has 20 heavy (non-hydrogen) atoms. The third kappa shape index (κ3) is 2.86. The lowest BCUT2D eigenvalue weighted by Gasteiger charge is -2.06. The summed E-state index contributed by atoms with van der Waals surface area (Å²) >= 11 is 6.73. The van der Waals surface area contributed by atoms with Gasteiger partial charge in [-0.15, -0.1) is 0 Å². The number of hydrogen-bond acceptors (Lipinski definition) is 7. The van der Waals surface area contributed by atoms with Gasteiger partial charge in [-0.25, -0.2) is 19.9 Å². The summed E-state index contributed by atoms with van der Waals surface area (Å²) in [5.41, 5.74) is 2.30. The molecule has 0 bridgehead atoms. The maximum Gasteiger partial charge on any atom is 0.338 e. The van der Waals surface area contributed by atoms with Crippen molar-refractivity contribution in [2.24, 2.45) is 0 Å². The van der Waals surface area contributed by atoms with Crippen molar-refractivity contribution in [2.45, 2.75) is 31.0 Å². The molecule has 0 fully saturated rings. The van der Waals surface area contributed by atoms with Crippen LogP contribution in [0.25, 0.3) is 0 Å². The van der Waals surface area contributed by atoms with Crippen molar-refractivity contribution < 1.29 is 4.92 Å². The number of halogens is 1. The molecule has 0 atom stereocenters. The highest BCUT2D eigenvalue weighted by Crippen LogP contribution is 2.34. The predicted molar refractivity (Wildman–Crippen MR) is 74.1 cm³/mol. The van der Waals surface area contributed by atoms with Gasteiger partial charge >= 0.3 is 5.69 Å². The van der Waals surface area contributed by atoms with Gasteiger partial charge in [0.05, 0.1) is 4.92 Å². The molecule has 0 aromatic carbocycles. The van der Waals surface area contributed by atoms with Crippen LogP contribution in [-0.2, 0) is 0 Å². The molecule has 2 heterocycles. The molecule has 0 radical (unpaired) electrons. The summed E-state index contributed by atoms with van der Waals surface area (Å²) in [6.45, 7) is 5.63. The minimum Gasteiger partial charge on any atom is -0.258 e. The highest BCUT2D eigenvalue weighted by atomic mass is 35.5. The summed E-state index contributed by atoms with van der Waals surface area (Å²) < 4.78 is 0. The Morgan fingerprint density at radius 3 is 2.35 bits per heavy atom. The van der Waals surface area contributed by atoms with Crippen molar-refractivity contribution >= 4 is 29.1 Å². The van der Waals surface area contributed by atoms with Crippen molar-refractivity contribution in [2.75, 3.05) is 0 Å². The van der Waals surface area contributed by atoms with Crippen LogP contribution >= 0.6 is 23.4 Å². The molecule has 0 saturated carbocycles. The Morgan fingerprint density at radius 1 is 1.20 bits per heavy atom. The molecule has 2 rings (SSSR count). The summed E-state index contributed by atoms with van der Waals surface area (Å²) in [5, 5.41) is 11.3. The largest absolute Gasteiger partial charge is 0.338 e. The lowest BCUT2D eigenvalue weighted by molar-refractivity contribution is -0.388. The Labute approximate surface area is 124 Å². The number of rotatable bonds is 3. The van der Waals surface area contributed by atoms with Crippen LogP contribution in [0, 0.1) is 30.9 Å². The van der Waals surface area contributed by atoms with Gasteiger partial charge < -0.3 is 0 Å². The van der Waals surface area contributed by atoms with Crippen LogP contribution < -0.4 is 0 Å². The first-order valence-corrected chi connectivity index (χ1v) is 6.74. The molecule has 2 aromatic rings. The summed E-state index contributed by atoms with van der Waals surface area (Å²) in [6, 6.07) is 0. The quantitative estimate of drug-likeness (QED) is 0.372. The molecule has 0 unspecified atom stereocenters. The number of nitro groups is 1. The van der Waals surface area contributed by atoms with E-state index in [4.69, 9.17) is 11.6 Å². The minimum absolute atomic E-state index is 0.123. The monoisotopic (exact) mass is 311 g/mol. The van der Waals surface area contributed by atoms with Crippen molar-refractivity contribution in [3.05, 3.63) is 38.5 Å². The smallest absolute Gasteiger partial charge is 0.258 e. The third-order valence-corrected chi connectivity index (χ3v) is 3.86. The van der Waals surface area contributed by atoms with Crippen LogP contribution in [0.3, 0.4) is 0 Å². The highest BCUT2D eigenvalue weighted by molar-refractivity contribution is 7.99. The van der Waals surface area contributed by atoms with Crippen molar-refractivity contribution in [3.8, 4) is 0 Å². The van der Waals surface area contributed by atoms with E-state index in [1.165, 1.54) is 6.33 Å². The topological polar surface area (TPSA) is 94.7 Å². The van der Waals surface area contributed by atoms with E-state index in [9.17, 15) is 10.1 Å². The number of hydrogen-bond donors (Lipinski definition) is 0. The zero-order chi connectivity index (χ0) is 14.9. The minimum atomic E-state index is -0.613.